The molecule has 0 spiro atoms. The third-order valence-electron chi connectivity index (χ3n) is 3.25. The van der Waals surface area contributed by atoms with Crippen LogP contribution in [0, 0.1) is 0 Å². The SMILES string of the molecule is Clc1cc2ccccc2cn1.Nc1cc2ccccc2cn1. The summed E-state index contributed by atoms with van der Waals surface area (Å²) in [4.78, 5) is 7.96. The van der Waals surface area contributed by atoms with Gasteiger partial charge in [0, 0.05) is 23.2 Å². The van der Waals surface area contributed by atoms with E-state index < -0.39 is 0 Å². The van der Waals surface area contributed by atoms with Crippen LogP contribution < -0.4 is 5.73 Å². The molecule has 2 N–H and O–H groups in total. The summed E-state index contributed by atoms with van der Waals surface area (Å²) in [5.41, 5.74) is 5.51. The monoisotopic (exact) mass is 307 g/mol. The molecule has 0 aliphatic rings. The third kappa shape index (κ3) is 3.32. The Balaban J connectivity index is 0.000000131. The maximum absolute atomic E-state index is 5.71. The molecule has 0 saturated carbocycles. The second-order valence-electron chi connectivity index (χ2n) is 4.81. The topological polar surface area (TPSA) is 51.8 Å². The van der Waals surface area contributed by atoms with Crippen molar-refractivity contribution in [2.45, 2.75) is 0 Å². The first-order valence-corrected chi connectivity index (χ1v) is 7.21. The van der Waals surface area contributed by atoms with Crippen LogP contribution in [0.2, 0.25) is 5.15 Å². The van der Waals surface area contributed by atoms with Gasteiger partial charge in [0.2, 0.25) is 0 Å². The Morgan fingerprint density at radius 1 is 0.682 bits per heavy atom. The highest BCUT2D eigenvalue weighted by molar-refractivity contribution is 6.30. The van der Waals surface area contributed by atoms with E-state index in [-0.39, 0.29) is 0 Å². The van der Waals surface area contributed by atoms with Crippen molar-refractivity contribution in [3.05, 3.63) is 78.2 Å². The standard InChI is InChI=1S/C9H6ClN.C9H8N2/c2*10-9-5-7-3-1-2-4-8(7)6-11-9/h1-6H;1-6H,(H2,10,11). The van der Waals surface area contributed by atoms with Gasteiger partial charge in [-0.3, -0.25) is 0 Å². The summed E-state index contributed by atoms with van der Waals surface area (Å²) < 4.78 is 0. The van der Waals surface area contributed by atoms with Crippen LogP contribution in [-0.2, 0) is 0 Å². The molecule has 0 aliphatic carbocycles. The fourth-order valence-corrected chi connectivity index (χ4v) is 2.32. The number of hydrogen-bond donors (Lipinski definition) is 1. The minimum absolute atomic E-state index is 0.545. The van der Waals surface area contributed by atoms with Crippen LogP contribution in [0.5, 0.6) is 0 Å². The van der Waals surface area contributed by atoms with Gasteiger partial charge < -0.3 is 5.73 Å². The van der Waals surface area contributed by atoms with Crippen molar-refractivity contribution in [3.8, 4) is 0 Å². The van der Waals surface area contributed by atoms with Crippen molar-refractivity contribution in [1.29, 1.82) is 0 Å². The van der Waals surface area contributed by atoms with Gasteiger partial charge in [-0.25, -0.2) is 9.97 Å². The van der Waals surface area contributed by atoms with Crippen molar-refractivity contribution in [1.82, 2.24) is 9.97 Å². The molecule has 0 aliphatic heterocycles. The molecule has 0 fully saturated rings. The average molecular weight is 308 g/mol. The van der Waals surface area contributed by atoms with Crippen molar-refractivity contribution in [3.63, 3.8) is 0 Å². The van der Waals surface area contributed by atoms with Crippen molar-refractivity contribution in [2.24, 2.45) is 0 Å². The van der Waals surface area contributed by atoms with E-state index in [1.807, 2.05) is 60.7 Å². The van der Waals surface area contributed by atoms with E-state index in [0.717, 1.165) is 21.5 Å². The molecule has 22 heavy (non-hydrogen) atoms. The van der Waals surface area contributed by atoms with E-state index in [2.05, 4.69) is 9.97 Å². The molecule has 0 bridgehead atoms. The van der Waals surface area contributed by atoms with Crippen LogP contribution in [0.25, 0.3) is 21.5 Å². The molecule has 0 unspecified atom stereocenters. The summed E-state index contributed by atoms with van der Waals surface area (Å²) >= 11 is 5.71. The van der Waals surface area contributed by atoms with Crippen LogP contribution in [0.1, 0.15) is 0 Å². The Bertz CT molecular complexity index is 844. The smallest absolute Gasteiger partial charge is 0.129 e. The number of nitrogens with zero attached hydrogens (tertiary/aromatic N) is 2. The Hall–Kier alpha value is -2.65. The summed E-state index contributed by atoms with van der Waals surface area (Å²) in [6, 6.07) is 19.7. The van der Waals surface area contributed by atoms with Gasteiger partial charge in [0.1, 0.15) is 11.0 Å². The number of nitrogen functional groups attached to an aromatic ring is 1. The van der Waals surface area contributed by atoms with Crippen molar-refractivity contribution < 1.29 is 0 Å². The number of pyridine rings is 2. The Morgan fingerprint density at radius 3 is 1.82 bits per heavy atom. The highest BCUT2D eigenvalue weighted by Gasteiger charge is 1.92. The first-order chi connectivity index (χ1) is 10.7. The maximum Gasteiger partial charge on any atom is 0.129 e. The van der Waals surface area contributed by atoms with Gasteiger partial charge in [0.15, 0.2) is 0 Å². The Morgan fingerprint density at radius 2 is 1.18 bits per heavy atom. The highest BCUT2D eigenvalue weighted by atomic mass is 35.5. The predicted molar refractivity (Wildman–Crippen MR) is 92.9 cm³/mol. The van der Waals surface area contributed by atoms with E-state index in [1.54, 1.807) is 12.4 Å². The molecule has 4 heteroatoms. The van der Waals surface area contributed by atoms with E-state index in [9.17, 15) is 0 Å². The summed E-state index contributed by atoms with van der Waals surface area (Å²) in [6.45, 7) is 0. The number of benzene rings is 2. The minimum Gasteiger partial charge on any atom is -0.384 e. The summed E-state index contributed by atoms with van der Waals surface area (Å²) in [6.07, 6.45) is 3.56. The summed E-state index contributed by atoms with van der Waals surface area (Å²) in [5.74, 6) is 0.573. The molecular weight excluding hydrogens is 294 g/mol. The minimum atomic E-state index is 0.545. The molecule has 0 radical (unpaired) electrons. The number of aromatic nitrogens is 2. The fourth-order valence-electron chi connectivity index (χ4n) is 2.16. The fraction of sp³-hybridized carbons (Fsp3) is 0. The zero-order valence-corrected chi connectivity index (χ0v) is 12.5. The average Bonchev–Trinajstić information content (AvgIpc) is 2.55. The number of halogens is 1. The number of rotatable bonds is 0. The number of fused-ring (bicyclic) bond motifs is 2. The van der Waals surface area contributed by atoms with Gasteiger partial charge in [-0.05, 0) is 22.9 Å². The zero-order valence-electron chi connectivity index (χ0n) is 11.8. The van der Waals surface area contributed by atoms with Gasteiger partial charge >= 0.3 is 0 Å². The molecule has 2 aromatic heterocycles. The maximum atomic E-state index is 5.71. The lowest BCUT2D eigenvalue weighted by atomic mass is 10.2. The van der Waals surface area contributed by atoms with E-state index in [1.165, 1.54) is 0 Å². The molecule has 2 heterocycles. The van der Waals surface area contributed by atoms with Gasteiger partial charge in [-0.15, -0.1) is 0 Å². The van der Waals surface area contributed by atoms with Crippen LogP contribution in [0.15, 0.2) is 73.1 Å². The van der Waals surface area contributed by atoms with Crippen LogP contribution in [-0.4, -0.2) is 9.97 Å². The van der Waals surface area contributed by atoms with Gasteiger partial charge in [0.05, 0.1) is 0 Å². The lowest BCUT2D eigenvalue weighted by Crippen LogP contribution is -1.87. The summed E-state index contributed by atoms with van der Waals surface area (Å²) in [5, 5.41) is 5.06. The predicted octanol–water partition coefficient (Wildman–Crippen LogP) is 4.71. The first-order valence-electron chi connectivity index (χ1n) is 6.83. The second-order valence-corrected chi connectivity index (χ2v) is 5.20. The second kappa shape index (κ2) is 6.41. The lowest BCUT2D eigenvalue weighted by Gasteiger charge is -1.96. The molecule has 4 aromatic rings. The summed E-state index contributed by atoms with van der Waals surface area (Å²) in [7, 11) is 0. The molecule has 2 aromatic carbocycles. The van der Waals surface area contributed by atoms with Crippen molar-refractivity contribution >= 4 is 39.0 Å². The normalized spacial score (nSPS) is 10.2. The Kier molecular flexibility index (Phi) is 4.17. The van der Waals surface area contributed by atoms with Crippen molar-refractivity contribution in [2.75, 3.05) is 5.73 Å². The molecular formula is C18H14ClN3. The molecule has 108 valence electrons. The molecule has 0 saturated heterocycles. The quantitative estimate of drug-likeness (QED) is 0.479. The first kappa shape index (κ1) is 14.3. The number of anilines is 1. The lowest BCUT2D eigenvalue weighted by molar-refractivity contribution is 1.36. The van der Waals surface area contributed by atoms with Gasteiger partial charge in [-0.2, -0.15) is 0 Å². The van der Waals surface area contributed by atoms with Crippen LogP contribution in [0.4, 0.5) is 5.82 Å². The zero-order chi connectivity index (χ0) is 15.4. The molecule has 0 atom stereocenters. The van der Waals surface area contributed by atoms with Crippen LogP contribution in [0.3, 0.4) is 0 Å². The van der Waals surface area contributed by atoms with E-state index in [0.29, 0.717) is 11.0 Å². The molecule has 0 amide bonds. The highest BCUT2D eigenvalue weighted by Crippen LogP contribution is 2.15. The number of nitrogens with two attached hydrogens (primary N) is 1. The van der Waals surface area contributed by atoms with E-state index >= 15 is 0 Å². The molecule has 4 rings (SSSR count). The van der Waals surface area contributed by atoms with Crippen LogP contribution >= 0.6 is 11.6 Å². The molecule has 3 nitrogen and oxygen atoms in total. The van der Waals surface area contributed by atoms with Gasteiger partial charge in [0.25, 0.3) is 0 Å². The van der Waals surface area contributed by atoms with E-state index in [4.69, 9.17) is 17.3 Å². The number of hydrogen-bond acceptors (Lipinski definition) is 3. The largest absolute Gasteiger partial charge is 0.384 e. The van der Waals surface area contributed by atoms with Gasteiger partial charge in [-0.1, -0.05) is 60.1 Å². The Labute approximate surface area is 133 Å². The third-order valence-corrected chi connectivity index (χ3v) is 3.46.